The smallest absolute Gasteiger partial charge is 0.378 e. The van der Waals surface area contributed by atoms with Crippen LogP contribution in [0.5, 0.6) is 0 Å². The van der Waals surface area contributed by atoms with Crippen LogP contribution in [0.3, 0.4) is 0 Å². The zero-order chi connectivity index (χ0) is 14.8. The van der Waals surface area contributed by atoms with E-state index in [9.17, 15) is 13.2 Å². The summed E-state index contributed by atoms with van der Waals surface area (Å²) in [4.78, 5) is 12.6. The van der Waals surface area contributed by atoms with Crippen molar-refractivity contribution in [3.05, 3.63) is 5.82 Å². The molecule has 0 aromatic carbocycles. The lowest BCUT2D eigenvalue weighted by atomic mass is 10.4. The lowest BCUT2D eigenvalue weighted by Gasteiger charge is -2.27. The number of nitrogens with zero attached hydrogens (tertiary/aromatic N) is 4. The Morgan fingerprint density at radius 3 is 2.35 bits per heavy atom. The van der Waals surface area contributed by atoms with Crippen molar-refractivity contribution < 1.29 is 17.9 Å². The van der Waals surface area contributed by atoms with Crippen molar-refractivity contribution in [1.82, 2.24) is 15.0 Å². The van der Waals surface area contributed by atoms with E-state index in [1.54, 1.807) is 18.7 Å². The van der Waals surface area contributed by atoms with Crippen molar-refractivity contribution in [1.29, 1.82) is 0 Å². The minimum absolute atomic E-state index is 0.0266. The third-order valence-electron chi connectivity index (χ3n) is 2.59. The van der Waals surface area contributed by atoms with Gasteiger partial charge in [0.25, 0.3) is 0 Å². The zero-order valence-electron chi connectivity index (χ0n) is 11.2. The van der Waals surface area contributed by atoms with Crippen LogP contribution >= 0.6 is 0 Å². The molecule has 2 rings (SSSR count). The number of alkyl halides is 3. The Kier molecular flexibility index (Phi) is 4.26. The molecule has 1 aromatic heterocycles. The fraction of sp³-hybridized carbons (Fsp3) is 0.727. The van der Waals surface area contributed by atoms with Gasteiger partial charge in [-0.2, -0.15) is 28.1 Å². The summed E-state index contributed by atoms with van der Waals surface area (Å²) >= 11 is 0. The Morgan fingerprint density at radius 1 is 1.15 bits per heavy atom. The molecule has 0 bridgehead atoms. The standard InChI is InChI=1S/C11H16F3N5O/c1-7(2)15-9-16-8(11(12,13)14)17-10(18-9)19-3-5-20-6-4-19/h7H,3-6H2,1-2H3,(H,15,16,17,18). The molecule has 1 saturated heterocycles. The van der Waals surface area contributed by atoms with Crippen LogP contribution in [0.25, 0.3) is 0 Å². The SMILES string of the molecule is CC(C)Nc1nc(N2CCOCC2)nc(C(F)(F)F)n1. The van der Waals surface area contributed by atoms with Gasteiger partial charge in [-0.3, -0.25) is 0 Å². The number of ether oxygens (including phenoxy) is 1. The van der Waals surface area contributed by atoms with Crippen LogP contribution in [0.4, 0.5) is 25.1 Å². The second kappa shape index (κ2) is 5.78. The van der Waals surface area contributed by atoms with Crippen molar-refractivity contribution in [2.24, 2.45) is 0 Å². The molecule has 1 aliphatic heterocycles. The lowest BCUT2D eigenvalue weighted by Crippen LogP contribution is -2.38. The molecule has 0 saturated carbocycles. The number of hydrogen-bond acceptors (Lipinski definition) is 6. The van der Waals surface area contributed by atoms with Crippen LogP contribution in [0.1, 0.15) is 19.7 Å². The van der Waals surface area contributed by atoms with E-state index in [1.165, 1.54) is 0 Å². The van der Waals surface area contributed by atoms with E-state index in [4.69, 9.17) is 4.74 Å². The minimum Gasteiger partial charge on any atom is -0.378 e. The number of aromatic nitrogens is 3. The number of anilines is 2. The van der Waals surface area contributed by atoms with Crippen molar-refractivity contribution in [3.63, 3.8) is 0 Å². The van der Waals surface area contributed by atoms with Crippen molar-refractivity contribution in [3.8, 4) is 0 Å². The second-order valence-corrected chi connectivity index (χ2v) is 4.68. The van der Waals surface area contributed by atoms with Gasteiger partial charge in [0.15, 0.2) is 0 Å². The maximum atomic E-state index is 12.8. The maximum absolute atomic E-state index is 12.8. The van der Waals surface area contributed by atoms with Gasteiger partial charge in [-0.05, 0) is 13.8 Å². The third-order valence-corrected chi connectivity index (χ3v) is 2.59. The van der Waals surface area contributed by atoms with E-state index in [0.29, 0.717) is 26.3 Å². The van der Waals surface area contributed by atoms with Crippen LogP contribution in [-0.4, -0.2) is 47.3 Å². The maximum Gasteiger partial charge on any atom is 0.451 e. The average Bonchev–Trinajstić information content (AvgIpc) is 2.37. The van der Waals surface area contributed by atoms with Crippen LogP contribution in [0, 0.1) is 0 Å². The van der Waals surface area contributed by atoms with Gasteiger partial charge in [-0.15, -0.1) is 0 Å². The van der Waals surface area contributed by atoms with Crippen molar-refractivity contribution in [2.75, 3.05) is 36.5 Å². The monoisotopic (exact) mass is 291 g/mol. The molecular weight excluding hydrogens is 275 g/mol. The fourth-order valence-corrected chi connectivity index (χ4v) is 1.72. The van der Waals surface area contributed by atoms with Gasteiger partial charge in [0.05, 0.1) is 13.2 Å². The van der Waals surface area contributed by atoms with Gasteiger partial charge >= 0.3 is 6.18 Å². The normalized spacial score (nSPS) is 16.6. The molecule has 0 spiro atoms. The predicted molar refractivity (Wildman–Crippen MR) is 66.6 cm³/mol. The number of nitrogens with one attached hydrogen (secondary N) is 1. The molecule has 0 unspecified atom stereocenters. The first-order valence-electron chi connectivity index (χ1n) is 6.29. The molecule has 1 fully saturated rings. The van der Waals surface area contributed by atoms with Gasteiger partial charge in [-0.25, -0.2) is 0 Å². The van der Waals surface area contributed by atoms with Crippen LogP contribution < -0.4 is 10.2 Å². The summed E-state index contributed by atoms with van der Waals surface area (Å²) < 4.78 is 43.6. The summed E-state index contributed by atoms with van der Waals surface area (Å²) in [6, 6.07) is -0.0731. The molecule has 0 amide bonds. The highest BCUT2D eigenvalue weighted by atomic mass is 19.4. The molecule has 1 aromatic rings. The van der Waals surface area contributed by atoms with Crippen LogP contribution in [0.15, 0.2) is 0 Å². The van der Waals surface area contributed by atoms with Crippen LogP contribution in [-0.2, 0) is 10.9 Å². The number of morpholine rings is 1. The zero-order valence-corrected chi connectivity index (χ0v) is 11.2. The summed E-state index contributed by atoms with van der Waals surface area (Å²) in [6.45, 7) is 5.40. The molecule has 112 valence electrons. The molecule has 0 radical (unpaired) electrons. The van der Waals surface area contributed by atoms with Crippen molar-refractivity contribution >= 4 is 11.9 Å². The molecule has 9 heteroatoms. The van der Waals surface area contributed by atoms with E-state index in [2.05, 4.69) is 20.3 Å². The molecule has 6 nitrogen and oxygen atoms in total. The van der Waals surface area contributed by atoms with E-state index in [1.807, 2.05) is 0 Å². The van der Waals surface area contributed by atoms with E-state index in [-0.39, 0.29) is 17.9 Å². The largest absolute Gasteiger partial charge is 0.451 e. The molecular formula is C11H16F3N5O. The Morgan fingerprint density at radius 2 is 1.80 bits per heavy atom. The number of hydrogen-bond donors (Lipinski definition) is 1. The molecule has 2 heterocycles. The van der Waals surface area contributed by atoms with E-state index < -0.39 is 12.0 Å². The summed E-state index contributed by atoms with van der Waals surface area (Å²) in [5.74, 6) is -1.22. The summed E-state index contributed by atoms with van der Waals surface area (Å²) in [7, 11) is 0. The van der Waals surface area contributed by atoms with Crippen LogP contribution in [0.2, 0.25) is 0 Å². The van der Waals surface area contributed by atoms with E-state index >= 15 is 0 Å². The topological polar surface area (TPSA) is 63.2 Å². The summed E-state index contributed by atoms with van der Waals surface area (Å²) in [6.07, 6.45) is -4.60. The van der Waals surface area contributed by atoms with Gasteiger partial charge in [0.2, 0.25) is 17.7 Å². The highest BCUT2D eigenvalue weighted by molar-refractivity contribution is 5.38. The first kappa shape index (κ1) is 14.8. The highest BCUT2D eigenvalue weighted by Crippen LogP contribution is 2.28. The number of rotatable bonds is 3. The van der Waals surface area contributed by atoms with Crippen molar-refractivity contribution in [2.45, 2.75) is 26.1 Å². The highest BCUT2D eigenvalue weighted by Gasteiger charge is 2.36. The predicted octanol–water partition coefficient (Wildman–Crippen LogP) is 1.55. The third kappa shape index (κ3) is 3.69. The Hall–Kier alpha value is -1.64. The molecule has 1 aliphatic rings. The quantitative estimate of drug-likeness (QED) is 0.911. The molecule has 0 aliphatic carbocycles. The number of halogens is 3. The summed E-state index contributed by atoms with van der Waals surface area (Å²) in [5, 5.41) is 2.78. The molecule has 0 atom stereocenters. The molecule has 20 heavy (non-hydrogen) atoms. The Bertz CT molecular complexity index is 460. The van der Waals surface area contributed by atoms with Gasteiger partial charge in [0.1, 0.15) is 0 Å². The molecule has 1 N–H and O–H groups in total. The fourth-order valence-electron chi connectivity index (χ4n) is 1.72. The second-order valence-electron chi connectivity index (χ2n) is 4.68. The van der Waals surface area contributed by atoms with E-state index in [0.717, 1.165) is 0 Å². The first-order valence-corrected chi connectivity index (χ1v) is 6.29. The average molecular weight is 291 g/mol. The Balaban J connectivity index is 2.34. The first-order chi connectivity index (χ1) is 9.36. The summed E-state index contributed by atoms with van der Waals surface area (Å²) in [5.41, 5.74) is 0. The van der Waals surface area contributed by atoms with Gasteiger partial charge in [0, 0.05) is 19.1 Å². The minimum atomic E-state index is -4.60. The Labute approximate surface area is 114 Å². The van der Waals surface area contributed by atoms with Gasteiger partial charge < -0.3 is 15.0 Å². The van der Waals surface area contributed by atoms with Gasteiger partial charge in [-0.1, -0.05) is 0 Å². The lowest BCUT2D eigenvalue weighted by molar-refractivity contribution is -0.144.